The van der Waals surface area contributed by atoms with Crippen LogP contribution in [0.25, 0.3) is 0 Å². The van der Waals surface area contributed by atoms with Gasteiger partial charge >= 0.3 is 0 Å². The monoisotopic (exact) mass is 159 g/mol. The van der Waals surface area contributed by atoms with Crippen molar-refractivity contribution in [3.63, 3.8) is 0 Å². The van der Waals surface area contributed by atoms with Crippen molar-refractivity contribution in [3.8, 4) is 0 Å². The highest BCUT2D eigenvalue weighted by molar-refractivity contribution is 6.46. The molecule has 0 fully saturated rings. The lowest BCUT2D eigenvalue weighted by Crippen LogP contribution is -2.42. The first kappa shape index (κ1) is 8.40. The number of hydrogen-bond donors (Lipinski definition) is 2. The van der Waals surface area contributed by atoms with Crippen LogP contribution in [0.1, 0.15) is 0 Å². The van der Waals surface area contributed by atoms with Crippen LogP contribution >= 0.6 is 0 Å². The van der Waals surface area contributed by atoms with Crippen LogP contribution in [0.3, 0.4) is 0 Å². The predicted molar refractivity (Wildman–Crippen MR) is 51.2 cm³/mol. The minimum atomic E-state index is 0.339. The topological polar surface area (TPSA) is 49.4 Å². The fourth-order valence-corrected chi connectivity index (χ4v) is 0.754. The molecular formula is C10H11N2+. The Morgan fingerprint density at radius 2 is 1.33 bits per heavy atom. The number of allylic oxidation sites excluding steroid dienone is 8. The van der Waals surface area contributed by atoms with E-state index in [1.54, 1.807) is 18.2 Å². The lowest BCUT2D eigenvalue weighted by molar-refractivity contribution is -0.108. The molecule has 0 bridgehead atoms. The van der Waals surface area contributed by atoms with Gasteiger partial charge in [0.05, 0.1) is 0 Å². The molecule has 2 nitrogen and oxygen atoms in total. The largest absolute Gasteiger partial charge is 0.295 e. The van der Waals surface area contributed by atoms with Gasteiger partial charge in [0, 0.05) is 6.08 Å². The first-order valence-corrected chi connectivity index (χ1v) is 3.70. The normalized spacial score (nSPS) is 25.0. The number of hydrogen-bond acceptors (Lipinski definition) is 1. The average molecular weight is 159 g/mol. The van der Waals surface area contributed by atoms with Gasteiger partial charge in [-0.1, -0.05) is 36.5 Å². The van der Waals surface area contributed by atoms with E-state index >= 15 is 0 Å². The van der Waals surface area contributed by atoms with E-state index in [4.69, 9.17) is 10.8 Å². The van der Waals surface area contributed by atoms with E-state index in [1.165, 1.54) is 0 Å². The van der Waals surface area contributed by atoms with Gasteiger partial charge in [0.2, 0.25) is 5.71 Å². The fraction of sp³-hybridized carbons (Fsp3) is 0. The Morgan fingerprint density at radius 1 is 0.833 bits per heavy atom. The summed E-state index contributed by atoms with van der Waals surface area (Å²) in [6.07, 6.45) is 14.5. The van der Waals surface area contributed by atoms with Crippen LogP contribution in [-0.4, -0.2) is 11.4 Å². The van der Waals surface area contributed by atoms with Crippen molar-refractivity contribution in [3.05, 3.63) is 48.6 Å². The highest BCUT2D eigenvalue weighted by Crippen LogP contribution is 1.88. The van der Waals surface area contributed by atoms with Gasteiger partial charge in [0.1, 0.15) is 5.71 Å². The summed E-state index contributed by atoms with van der Waals surface area (Å²) in [6, 6.07) is 0. The van der Waals surface area contributed by atoms with E-state index in [0.717, 1.165) is 0 Å². The van der Waals surface area contributed by atoms with Crippen LogP contribution in [0.15, 0.2) is 48.6 Å². The molecule has 0 unspecified atom stereocenters. The molecule has 1 aliphatic carbocycles. The Balaban J connectivity index is 2.88. The van der Waals surface area contributed by atoms with Gasteiger partial charge in [0.25, 0.3) is 0 Å². The molecule has 3 N–H and O–H groups in total. The van der Waals surface area contributed by atoms with Crippen molar-refractivity contribution >= 4 is 11.4 Å². The van der Waals surface area contributed by atoms with Gasteiger partial charge in [-0.2, -0.15) is 0 Å². The van der Waals surface area contributed by atoms with E-state index < -0.39 is 0 Å². The van der Waals surface area contributed by atoms with Crippen LogP contribution in [-0.2, 0) is 0 Å². The van der Waals surface area contributed by atoms with Crippen molar-refractivity contribution < 1.29 is 5.41 Å². The summed E-state index contributed by atoms with van der Waals surface area (Å²) in [6.45, 7) is 0. The zero-order chi connectivity index (χ0) is 8.81. The number of nitrogens with one attached hydrogen (secondary N) is 1. The van der Waals surface area contributed by atoms with Crippen LogP contribution in [0.5, 0.6) is 0 Å². The SMILES string of the molecule is N=C1\C=C/C=C\C=C/C=CC1=[NH2+]. The second-order valence-corrected chi connectivity index (χ2v) is 2.36. The second-order valence-electron chi connectivity index (χ2n) is 2.36. The minimum Gasteiger partial charge on any atom is -0.295 e. The maximum Gasteiger partial charge on any atom is 0.221 e. The van der Waals surface area contributed by atoms with Crippen LogP contribution < -0.4 is 5.41 Å². The van der Waals surface area contributed by atoms with Crippen molar-refractivity contribution in [1.82, 2.24) is 0 Å². The lowest BCUT2D eigenvalue weighted by Gasteiger charge is -1.88. The summed E-state index contributed by atoms with van der Waals surface area (Å²) in [5.74, 6) is 0. The van der Waals surface area contributed by atoms with Crippen molar-refractivity contribution in [2.24, 2.45) is 0 Å². The summed E-state index contributed by atoms with van der Waals surface area (Å²) < 4.78 is 0. The van der Waals surface area contributed by atoms with Crippen molar-refractivity contribution in [1.29, 1.82) is 5.41 Å². The summed E-state index contributed by atoms with van der Waals surface area (Å²) in [5.41, 5.74) is 0.817. The molecule has 0 saturated heterocycles. The number of nitrogens with two attached hydrogens (primary N) is 1. The Kier molecular flexibility index (Phi) is 2.96. The van der Waals surface area contributed by atoms with E-state index in [2.05, 4.69) is 0 Å². The van der Waals surface area contributed by atoms with E-state index in [1.807, 2.05) is 30.4 Å². The smallest absolute Gasteiger partial charge is 0.221 e. The van der Waals surface area contributed by atoms with E-state index in [9.17, 15) is 0 Å². The zero-order valence-electron chi connectivity index (χ0n) is 6.70. The Bertz CT molecular complexity index is 272. The molecule has 0 aromatic heterocycles. The molecule has 0 spiro atoms. The van der Waals surface area contributed by atoms with Gasteiger partial charge in [-0.15, -0.1) is 0 Å². The lowest BCUT2D eigenvalue weighted by atomic mass is 10.2. The molecule has 0 radical (unpaired) electrons. The fourth-order valence-electron chi connectivity index (χ4n) is 0.754. The van der Waals surface area contributed by atoms with Gasteiger partial charge in [-0.3, -0.25) is 10.8 Å². The predicted octanol–water partition coefficient (Wildman–Crippen LogP) is 0.445. The third-order valence-electron chi connectivity index (χ3n) is 1.41. The Morgan fingerprint density at radius 3 is 2.00 bits per heavy atom. The molecule has 12 heavy (non-hydrogen) atoms. The summed E-state index contributed by atoms with van der Waals surface area (Å²) in [5, 5.41) is 13.0. The Labute approximate surface area is 71.6 Å². The highest BCUT2D eigenvalue weighted by atomic mass is 14.5. The molecular weight excluding hydrogens is 148 g/mol. The molecule has 0 atom stereocenters. The third kappa shape index (κ3) is 2.50. The van der Waals surface area contributed by atoms with Crippen molar-refractivity contribution in [2.45, 2.75) is 0 Å². The minimum absolute atomic E-state index is 0.339. The molecule has 60 valence electrons. The van der Waals surface area contributed by atoms with Gasteiger partial charge in [-0.25, -0.2) is 0 Å². The molecule has 0 aromatic rings. The molecule has 0 saturated carbocycles. The van der Waals surface area contributed by atoms with Crippen LogP contribution in [0.2, 0.25) is 0 Å². The van der Waals surface area contributed by atoms with Crippen LogP contribution in [0, 0.1) is 5.41 Å². The molecule has 0 amide bonds. The van der Waals surface area contributed by atoms with Gasteiger partial charge in [0.15, 0.2) is 0 Å². The molecule has 0 aliphatic heterocycles. The average Bonchev–Trinajstić information content (AvgIpc) is 2.08. The maximum atomic E-state index is 7.44. The second kappa shape index (κ2) is 4.23. The molecule has 1 rings (SSSR count). The molecule has 0 aromatic carbocycles. The van der Waals surface area contributed by atoms with E-state index in [-0.39, 0.29) is 0 Å². The van der Waals surface area contributed by atoms with Crippen molar-refractivity contribution in [2.75, 3.05) is 0 Å². The van der Waals surface area contributed by atoms with Gasteiger partial charge < -0.3 is 0 Å². The Hall–Kier alpha value is -1.70. The molecule has 1 aliphatic rings. The molecule has 0 heterocycles. The first-order valence-electron chi connectivity index (χ1n) is 3.70. The zero-order valence-corrected chi connectivity index (χ0v) is 6.70. The molecule has 2 heteroatoms. The standard InChI is InChI=1S/C10H10N2/c11-9-7-5-3-1-2-4-6-8-10(9)12/h1-8,11-12H/p+1/b3-1-,4-2-,7-5-,8-6?,11-9?,12-10?. The summed E-state index contributed by atoms with van der Waals surface area (Å²) >= 11 is 0. The quantitative estimate of drug-likeness (QED) is 0.515. The maximum absolute atomic E-state index is 7.44. The highest BCUT2D eigenvalue weighted by Gasteiger charge is 2.00. The first-order chi connectivity index (χ1) is 5.80. The number of rotatable bonds is 0. The van der Waals surface area contributed by atoms with Crippen LogP contribution in [0.4, 0.5) is 0 Å². The van der Waals surface area contributed by atoms with Gasteiger partial charge in [-0.05, 0) is 6.08 Å². The summed E-state index contributed by atoms with van der Waals surface area (Å²) in [7, 11) is 0. The summed E-state index contributed by atoms with van der Waals surface area (Å²) in [4.78, 5) is 0. The third-order valence-corrected chi connectivity index (χ3v) is 1.41. The van der Waals surface area contributed by atoms with E-state index in [0.29, 0.717) is 11.4 Å².